The van der Waals surface area contributed by atoms with Gasteiger partial charge in [0.05, 0.1) is 17.5 Å². The van der Waals surface area contributed by atoms with Crippen LogP contribution in [-0.4, -0.2) is 63.1 Å². The number of H-pyrrole nitrogens is 1. The van der Waals surface area contributed by atoms with Crippen molar-refractivity contribution < 1.29 is 4.79 Å². The highest BCUT2D eigenvalue weighted by Gasteiger charge is 2.29. The zero-order valence-electron chi connectivity index (χ0n) is 13.8. The largest absolute Gasteiger partial charge is 0.345 e. The van der Waals surface area contributed by atoms with Crippen LogP contribution in [0.2, 0.25) is 0 Å². The molecule has 23 heavy (non-hydrogen) atoms. The molecule has 0 radical (unpaired) electrons. The minimum absolute atomic E-state index is 0.000801. The number of likely N-dealkylation sites (tertiary alicyclic amines) is 1. The summed E-state index contributed by atoms with van der Waals surface area (Å²) in [5.74, 6) is 1.10. The number of amides is 1. The normalized spacial score (nSPS) is 18.3. The smallest absolute Gasteiger partial charge is 0.256 e. The van der Waals surface area contributed by atoms with Crippen LogP contribution in [0.1, 0.15) is 39.8 Å². The third-order valence-corrected chi connectivity index (χ3v) is 4.23. The molecule has 1 amide bonds. The number of carbonyl (C=O) groups excluding carboxylic acids is 1. The summed E-state index contributed by atoms with van der Waals surface area (Å²) in [7, 11) is 3.52. The van der Waals surface area contributed by atoms with E-state index >= 15 is 0 Å². The SMILES string of the molecule is Cc1ncc(CN2CC[C@H](c3[nH]ncc3C(=O)N(C)C)C2)cn1. The lowest BCUT2D eigenvalue weighted by molar-refractivity contribution is 0.0826. The first-order valence-electron chi connectivity index (χ1n) is 7.79. The minimum Gasteiger partial charge on any atom is -0.345 e. The molecule has 0 spiro atoms. The van der Waals surface area contributed by atoms with E-state index in [2.05, 4.69) is 25.1 Å². The molecule has 0 aromatic carbocycles. The number of nitrogens with one attached hydrogen (secondary N) is 1. The highest BCUT2D eigenvalue weighted by Crippen LogP contribution is 2.29. The fraction of sp³-hybridized carbons (Fsp3) is 0.500. The molecule has 1 saturated heterocycles. The van der Waals surface area contributed by atoms with Gasteiger partial charge in [-0.3, -0.25) is 14.8 Å². The van der Waals surface area contributed by atoms with E-state index in [-0.39, 0.29) is 5.91 Å². The zero-order valence-corrected chi connectivity index (χ0v) is 13.8. The van der Waals surface area contributed by atoms with Crippen LogP contribution in [0.25, 0.3) is 0 Å². The molecular formula is C16H22N6O. The number of aryl methyl sites for hydroxylation is 1. The Kier molecular flexibility index (Phi) is 4.38. The molecule has 3 rings (SSSR count). The molecule has 7 nitrogen and oxygen atoms in total. The molecular weight excluding hydrogens is 292 g/mol. The molecule has 1 fully saturated rings. The van der Waals surface area contributed by atoms with Crippen molar-refractivity contribution in [3.8, 4) is 0 Å². The zero-order chi connectivity index (χ0) is 16.4. The van der Waals surface area contributed by atoms with Gasteiger partial charge in [-0.25, -0.2) is 9.97 Å². The first kappa shape index (κ1) is 15.6. The molecule has 0 unspecified atom stereocenters. The predicted molar refractivity (Wildman–Crippen MR) is 86.0 cm³/mol. The van der Waals surface area contributed by atoms with Crippen molar-refractivity contribution in [3.05, 3.63) is 41.2 Å². The molecule has 1 aliphatic rings. The molecule has 1 aliphatic heterocycles. The van der Waals surface area contributed by atoms with Crippen molar-refractivity contribution in [1.82, 2.24) is 30.0 Å². The van der Waals surface area contributed by atoms with E-state index in [9.17, 15) is 4.79 Å². The van der Waals surface area contributed by atoms with Crippen LogP contribution in [0.5, 0.6) is 0 Å². The summed E-state index contributed by atoms with van der Waals surface area (Å²) in [6.45, 7) is 4.62. The average molecular weight is 314 g/mol. The van der Waals surface area contributed by atoms with Gasteiger partial charge in [-0.05, 0) is 19.9 Å². The number of carbonyl (C=O) groups is 1. The Bertz CT molecular complexity index is 678. The molecule has 1 atom stereocenters. The van der Waals surface area contributed by atoms with Crippen LogP contribution in [0.4, 0.5) is 0 Å². The van der Waals surface area contributed by atoms with Crippen LogP contribution in [0, 0.1) is 6.92 Å². The Morgan fingerprint density at radius 3 is 2.78 bits per heavy atom. The highest BCUT2D eigenvalue weighted by molar-refractivity contribution is 5.94. The van der Waals surface area contributed by atoms with Gasteiger partial charge in [0, 0.05) is 51.1 Å². The van der Waals surface area contributed by atoms with Crippen LogP contribution in [0.3, 0.4) is 0 Å². The second kappa shape index (κ2) is 6.45. The van der Waals surface area contributed by atoms with Crippen LogP contribution in [0.15, 0.2) is 18.6 Å². The van der Waals surface area contributed by atoms with Crippen molar-refractivity contribution in [2.75, 3.05) is 27.2 Å². The average Bonchev–Trinajstić information content (AvgIpc) is 3.17. The maximum Gasteiger partial charge on any atom is 0.256 e. The first-order chi connectivity index (χ1) is 11.0. The molecule has 3 heterocycles. The van der Waals surface area contributed by atoms with Gasteiger partial charge in [-0.2, -0.15) is 5.10 Å². The van der Waals surface area contributed by atoms with E-state index in [0.717, 1.165) is 43.1 Å². The quantitative estimate of drug-likeness (QED) is 0.917. The van der Waals surface area contributed by atoms with Crippen LogP contribution < -0.4 is 0 Å². The summed E-state index contributed by atoms with van der Waals surface area (Å²) in [6, 6.07) is 0. The predicted octanol–water partition coefficient (Wildman–Crippen LogP) is 1.20. The van der Waals surface area contributed by atoms with Gasteiger partial charge in [-0.1, -0.05) is 0 Å². The summed E-state index contributed by atoms with van der Waals surface area (Å²) < 4.78 is 0. The molecule has 2 aromatic rings. The number of nitrogens with zero attached hydrogens (tertiary/aromatic N) is 5. The summed E-state index contributed by atoms with van der Waals surface area (Å²) in [5, 5.41) is 7.10. The molecule has 7 heteroatoms. The Morgan fingerprint density at radius 1 is 1.35 bits per heavy atom. The van der Waals surface area contributed by atoms with E-state index in [4.69, 9.17) is 0 Å². The second-order valence-electron chi connectivity index (χ2n) is 6.26. The van der Waals surface area contributed by atoms with Crippen LogP contribution >= 0.6 is 0 Å². The topological polar surface area (TPSA) is 78.0 Å². The number of aromatic amines is 1. The summed E-state index contributed by atoms with van der Waals surface area (Å²) in [4.78, 5) is 24.7. The van der Waals surface area contributed by atoms with Gasteiger partial charge in [-0.15, -0.1) is 0 Å². The summed E-state index contributed by atoms with van der Waals surface area (Å²) >= 11 is 0. The lowest BCUT2D eigenvalue weighted by atomic mass is 10.0. The fourth-order valence-electron chi connectivity index (χ4n) is 2.99. The molecule has 0 saturated carbocycles. The second-order valence-corrected chi connectivity index (χ2v) is 6.26. The fourth-order valence-corrected chi connectivity index (χ4v) is 2.99. The molecule has 2 aromatic heterocycles. The van der Waals surface area contributed by atoms with Crippen molar-refractivity contribution in [1.29, 1.82) is 0 Å². The summed E-state index contributed by atoms with van der Waals surface area (Å²) in [6.07, 6.45) is 6.41. The van der Waals surface area contributed by atoms with Gasteiger partial charge in [0.2, 0.25) is 0 Å². The lowest BCUT2D eigenvalue weighted by Crippen LogP contribution is -2.24. The first-order valence-corrected chi connectivity index (χ1v) is 7.79. The van der Waals surface area contributed by atoms with Gasteiger partial charge >= 0.3 is 0 Å². The van der Waals surface area contributed by atoms with Gasteiger partial charge < -0.3 is 4.90 Å². The van der Waals surface area contributed by atoms with E-state index in [1.165, 1.54) is 0 Å². The molecule has 122 valence electrons. The third kappa shape index (κ3) is 3.39. The number of aromatic nitrogens is 4. The lowest BCUT2D eigenvalue weighted by Gasteiger charge is -2.16. The van der Waals surface area contributed by atoms with Gasteiger partial charge in [0.15, 0.2) is 0 Å². The van der Waals surface area contributed by atoms with Crippen molar-refractivity contribution in [2.24, 2.45) is 0 Å². The monoisotopic (exact) mass is 314 g/mol. The minimum atomic E-state index is -0.000801. The van der Waals surface area contributed by atoms with E-state index < -0.39 is 0 Å². The van der Waals surface area contributed by atoms with Crippen molar-refractivity contribution in [2.45, 2.75) is 25.8 Å². The summed E-state index contributed by atoms with van der Waals surface area (Å²) in [5.41, 5.74) is 2.75. The maximum atomic E-state index is 12.2. The third-order valence-electron chi connectivity index (χ3n) is 4.23. The van der Waals surface area contributed by atoms with Gasteiger partial charge in [0.25, 0.3) is 5.91 Å². The van der Waals surface area contributed by atoms with E-state index in [1.54, 1.807) is 25.2 Å². The number of rotatable bonds is 4. The highest BCUT2D eigenvalue weighted by atomic mass is 16.2. The van der Waals surface area contributed by atoms with Crippen LogP contribution in [-0.2, 0) is 6.54 Å². The van der Waals surface area contributed by atoms with E-state index in [1.807, 2.05) is 19.3 Å². The Balaban J connectivity index is 1.67. The molecule has 0 aliphatic carbocycles. The Hall–Kier alpha value is -2.28. The number of hydrogen-bond acceptors (Lipinski definition) is 5. The van der Waals surface area contributed by atoms with Crippen molar-refractivity contribution >= 4 is 5.91 Å². The standard InChI is InChI=1S/C16H22N6O/c1-11-17-6-12(7-18-11)9-22-5-4-13(10-22)15-14(8-19-20-15)16(23)21(2)3/h6-8,13H,4-5,9-10H2,1-3H3,(H,19,20)/t13-/m0/s1. The van der Waals surface area contributed by atoms with Gasteiger partial charge in [0.1, 0.15) is 5.82 Å². The number of hydrogen-bond donors (Lipinski definition) is 1. The molecule has 1 N–H and O–H groups in total. The van der Waals surface area contributed by atoms with E-state index in [0.29, 0.717) is 11.5 Å². The molecule has 0 bridgehead atoms. The Labute approximate surface area is 135 Å². The maximum absolute atomic E-state index is 12.2. The van der Waals surface area contributed by atoms with Crippen molar-refractivity contribution in [3.63, 3.8) is 0 Å². The Morgan fingerprint density at radius 2 is 2.09 bits per heavy atom.